The van der Waals surface area contributed by atoms with E-state index in [0.29, 0.717) is 0 Å². The molecular formula is C8H9BrN2. The summed E-state index contributed by atoms with van der Waals surface area (Å²) >= 11 is 3.33. The van der Waals surface area contributed by atoms with Gasteiger partial charge < -0.3 is 4.98 Å². The Hall–Kier alpha value is -0.830. The highest BCUT2D eigenvalue weighted by molar-refractivity contribution is 9.10. The standard InChI is InChI=1S/C8H7BrN2.H2/c1-5-3-10-7-4-11-8(9)2-6(5)7;/h2-4,10H,1H3;1H. The van der Waals surface area contributed by atoms with Crippen LogP contribution in [0, 0.1) is 6.92 Å². The van der Waals surface area contributed by atoms with Gasteiger partial charge in [-0.1, -0.05) is 0 Å². The molecule has 11 heavy (non-hydrogen) atoms. The maximum absolute atomic E-state index is 4.11. The van der Waals surface area contributed by atoms with Gasteiger partial charge in [0.1, 0.15) is 4.60 Å². The summed E-state index contributed by atoms with van der Waals surface area (Å²) < 4.78 is 0.882. The van der Waals surface area contributed by atoms with Gasteiger partial charge in [-0.25, -0.2) is 4.98 Å². The van der Waals surface area contributed by atoms with Crippen molar-refractivity contribution in [3.63, 3.8) is 0 Å². The van der Waals surface area contributed by atoms with Crippen LogP contribution in [0.1, 0.15) is 6.99 Å². The Labute approximate surface area is 74.3 Å². The number of nitrogens with zero attached hydrogens (tertiary/aromatic N) is 1. The lowest BCUT2D eigenvalue weighted by atomic mass is 10.2. The van der Waals surface area contributed by atoms with Crippen LogP contribution in [0.2, 0.25) is 0 Å². The lowest BCUT2D eigenvalue weighted by Gasteiger charge is -1.90. The zero-order chi connectivity index (χ0) is 7.84. The van der Waals surface area contributed by atoms with E-state index in [4.69, 9.17) is 0 Å². The third-order valence-electron chi connectivity index (χ3n) is 1.74. The quantitative estimate of drug-likeness (QED) is 0.669. The molecule has 2 heterocycles. The molecule has 0 atom stereocenters. The smallest absolute Gasteiger partial charge is 0.106 e. The van der Waals surface area contributed by atoms with Gasteiger partial charge >= 0.3 is 0 Å². The van der Waals surface area contributed by atoms with Crippen LogP contribution >= 0.6 is 15.9 Å². The Bertz CT molecular complexity index is 397. The minimum Gasteiger partial charge on any atom is -0.360 e. The molecular weight excluding hydrogens is 204 g/mol. The van der Waals surface area contributed by atoms with Gasteiger partial charge in [-0.3, -0.25) is 0 Å². The summed E-state index contributed by atoms with van der Waals surface area (Å²) in [5.41, 5.74) is 2.34. The number of fused-ring (bicyclic) bond motifs is 1. The van der Waals surface area contributed by atoms with Gasteiger partial charge in [0, 0.05) is 13.0 Å². The van der Waals surface area contributed by atoms with Crippen LogP contribution in [-0.2, 0) is 0 Å². The van der Waals surface area contributed by atoms with Crippen molar-refractivity contribution in [1.29, 1.82) is 0 Å². The summed E-state index contributed by atoms with van der Waals surface area (Å²) in [6.07, 6.45) is 3.81. The van der Waals surface area contributed by atoms with E-state index >= 15 is 0 Å². The van der Waals surface area contributed by atoms with Gasteiger partial charge in [0.05, 0.1) is 11.7 Å². The molecule has 2 aromatic heterocycles. The summed E-state index contributed by atoms with van der Waals surface area (Å²) in [6, 6.07) is 2.02. The van der Waals surface area contributed by atoms with Crippen LogP contribution in [0.25, 0.3) is 10.9 Å². The molecule has 0 aliphatic rings. The maximum atomic E-state index is 4.11. The SMILES string of the molecule is Cc1c[nH]c2cnc(Br)cc12.[HH]. The Morgan fingerprint density at radius 2 is 2.45 bits per heavy atom. The van der Waals surface area contributed by atoms with E-state index in [1.165, 1.54) is 10.9 Å². The fraction of sp³-hybridized carbons (Fsp3) is 0.125. The number of aromatic amines is 1. The van der Waals surface area contributed by atoms with E-state index in [-0.39, 0.29) is 1.43 Å². The number of hydrogen-bond acceptors (Lipinski definition) is 1. The number of nitrogens with one attached hydrogen (secondary N) is 1. The van der Waals surface area contributed by atoms with E-state index < -0.39 is 0 Å². The van der Waals surface area contributed by atoms with Gasteiger partial charge in [0.2, 0.25) is 0 Å². The lowest BCUT2D eigenvalue weighted by Crippen LogP contribution is -1.74. The number of rotatable bonds is 0. The van der Waals surface area contributed by atoms with Crippen molar-refractivity contribution in [2.45, 2.75) is 6.92 Å². The molecule has 0 unspecified atom stereocenters. The zero-order valence-corrected chi connectivity index (χ0v) is 7.64. The predicted octanol–water partition coefficient (Wildman–Crippen LogP) is 2.88. The lowest BCUT2D eigenvalue weighted by molar-refractivity contribution is 1.29. The fourth-order valence-corrected chi connectivity index (χ4v) is 1.47. The van der Waals surface area contributed by atoms with E-state index in [0.717, 1.165) is 10.1 Å². The molecule has 0 saturated heterocycles. The van der Waals surface area contributed by atoms with E-state index in [1.54, 1.807) is 0 Å². The fourth-order valence-electron chi connectivity index (χ4n) is 1.13. The second-order valence-electron chi connectivity index (χ2n) is 2.52. The topological polar surface area (TPSA) is 28.7 Å². The molecule has 0 aliphatic heterocycles. The second kappa shape index (κ2) is 2.34. The molecule has 58 valence electrons. The van der Waals surface area contributed by atoms with Crippen LogP contribution < -0.4 is 0 Å². The van der Waals surface area contributed by atoms with Crippen molar-refractivity contribution in [1.82, 2.24) is 9.97 Å². The maximum Gasteiger partial charge on any atom is 0.106 e. The van der Waals surface area contributed by atoms with Gasteiger partial charge in [0.15, 0.2) is 0 Å². The first-order valence-electron chi connectivity index (χ1n) is 3.36. The molecule has 0 aliphatic carbocycles. The van der Waals surface area contributed by atoms with Crippen molar-refractivity contribution < 1.29 is 1.43 Å². The molecule has 3 heteroatoms. The van der Waals surface area contributed by atoms with Crippen molar-refractivity contribution in [2.24, 2.45) is 0 Å². The number of halogens is 1. The van der Waals surface area contributed by atoms with E-state index in [9.17, 15) is 0 Å². The Kier molecular flexibility index (Phi) is 1.46. The van der Waals surface area contributed by atoms with E-state index in [2.05, 4.69) is 32.8 Å². The minimum atomic E-state index is 0. The molecule has 0 radical (unpaired) electrons. The molecule has 1 N–H and O–H groups in total. The molecule has 2 nitrogen and oxygen atoms in total. The van der Waals surface area contributed by atoms with Crippen LogP contribution in [0.5, 0.6) is 0 Å². The van der Waals surface area contributed by atoms with Crippen LogP contribution in [0.3, 0.4) is 0 Å². The van der Waals surface area contributed by atoms with Crippen molar-refractivity contribution in [3.05, 3.63) is 28.6 Å². The largest absolute Gasteiger partial charge is 0.360 e. The molecule has 0 saturated carbocycles. The number of aromatic nitrogens is 2. The summed E-state index contributed by atoms with van der Waals surface area (Å²) in [6.45, 7) is 2.07. The normalized spacial score (nSPS) is 10.7. The van der Waals surface area contributed by atoms with E-state index in [1.807, 2.05) is 18.5 Å². The average Bonchev–Trinajstić information content (AvgIpc) is 2.33. The second-order valence-corrected chi connectivity index (χ2v) is 3.34. The summed E-state index contributed by atoms with van der Waals surface area (Å²) in [4.78, 5) is 7.24. The molecule has 2 aromatic rings. The Morgan fingerprint density at radius 3 is 3.27 bits per heavy atom. The van der Waals surface area contributed by atoms with Crippen molar-refractivity contribution >= 4 is 26.8 Å². The van der Waals surface area contributed by atoms with Gasteiger partial charge in [0.25, 0.3) is 0 Å². The summed E-state index contributed by atoms with van der Waals surface area (Å²) in [7, 11) is 0. The minimum absolute atomic E-state index is 0. The van der Waals surface area contributed by atoms with Crippen LogP contribution in [-0.4, -0.2) is 9.97 Å². The van der Waals surface area contributed by atoms with Gasteiger partial charge in [-0.15, -0.1) is 0 Å². The highest BCUT2D eigenvalue weighted by Gasteiger charge is 1.98. The monoisotopic (exact) mass is 212 g/mol. The Balaban J connectivity index is 0.000000720. The third-order valence-corrected chi connectivity index (χ3v) is 2.17. The first kappa shape index (κ1) is 6.85. The number of pyridine rings is 1. The first-order chi connectivity index (χ1) is 5.27. The number of H-pyrrole nitrogens is 1. The van der Waals surface area contributed by atoms with Crippen molar-refractivity contribution in [3.8, 4) is 0 Å². The molecule has 0 bridgehead atoms. The van der Waals surface area contributed by atoms with Gasteiger partial charge in [-0.2, -0.15) is 0 Å². The number of aryl methyl sites for hydroxylation is 1. The molecule has 2 rings (SSSR count). The zero-order valence-electron chi connectivity index (χ0n) is 6.06. The van der Waals surface area contributed by atoms with Crippen molar-refractivity contribution in [2.75, 3.05) is 0 Å². The van der Waals surface area contributed by atoms with Gasteiger partial charge in [-0.05, 0) is 34.5 Å². The summed E-state index contributed by atoms with van der Waals surface area (Å²) in [5, 5.41) is 1.23. The summed E-state index contributed by atoms with van der Waals surface area (Å²) in [5.74, 6) is 0. The van der Waals surface area contributed by atoms with Crippen LogP contribution in [0.15, 0.2) is 23.1 Å². The predicted molar refractivity (Wildman–Crippen MR) is 50.6 cm³/mol. The third kappa shape index (κ3) is 1.05. The molecule has 0 amide bonds. The molecule has 0 spiro atoms. The highest BCUT2D eigenvalue weighted by atomic mass is 79.9. The highest BCUT2D eigenvalue weighted by Crippen LogP contribution is 2.19. The average molecular weight is 213 g/mol. The Morgan fingerprint density at radius 1 is 1.64 bits per heavy atom. The first-order valence-corrected chi connectivity index (χ1v) is 4.16. The molecule has 0 fully saturated rings. The molecule has 0 aromatic carbocycles. The number of hydrogen-bond donors (Lipinski definition) is 1. The van der Waals surface area contributed by atoms with Crippen LogP contribution in [0.4, 0.5) is 0 Å².